The van der Waals surface area contributed by atoms with Gasteiger partial charge in [0.15, 0.2) is 16.7 Å². The topological polar surface area (TPSA) is 51.1 Å². The van der Waals surface area contributed by atoms with Crippen LogP contribution in [-0.2, 0) is 11.4 Å². The number of anilines is 1. The number of carbonyl (C=O) groups is 1. The van der Waals surface area contributed by atoms with Crippen molar-refractivity contribution in [2.75, 3.05) is 11.5 Å². The van der Waals surface area contributed by atoms with Gasteiger partial charge in [-0.15, -0.1) is 0 Å². The Morgan fingerprint density at radius 2 is 1.64 bits per heavy atom. The Morgan fingerprint density at radius 3 is 2.33 bits per heavy atom. The molecule has 0 radical (unpaired) electrons. The fourth-order valence-electron chi connectivity index (χ4n) is 4.21. The maximum atomic E-state index is 13.9. The van der Waals surface area contributed by atoms with Crippen molar-refractivity contribution in [2.24, 2.45) is 4.99 Å². The average molecular weight is 682 g/mol. The molecule has 0 unspecified atom stereocenters. The van der Waals surface area contributed by atoms with Crippen molar-refractivity contribution >= 4 is 79.4 Å². The van der Waals surface area contributed by atoms with Crippen LogP contribution >= 0.6 is 50.9 Å². The van der Waals surface area contributed by atoms with E-state index in [1.807, 2.05) is 93.6 Å². The number of carbonyl (C=O) groups excluding carboxylic acids is 1. The number of hydrogen-bond acceptors (Lipinski definition) is 5. The standard InChI is InChI=1S/C33H27BrCl2N2O3S/c1-4-40-29-15-23(14-26(34)31(29)41-19-22-8-6-5-7-9-22)16-30-32(39)38(25-13-11-21(3)28(36)18-25)33(42-30)37-24-12-10-20(2)27(35)17-24/h5-18H,4,19H2,1-3H3/b30-16+,37-33?. The summed E-state index contributed by atoms with van der Waals surface area (Å²) in [5.41, 5.74) is 4.96. The third-order valence-corrected chi connectivity index (χ3v) is 8.83. The number of benzene rings is 4. The number of aliphatic imine (C=N–C) groups is 1. The molecule has 42 heavy (non-hydrogen) atoms. The van der Waals surface area contributed by atoms with E-state index >= 15 is 0 Å². The summed E-state index contributed by atoms with van der Waals surface area (Å²) in [5, 5.41) is 1.67. The van der Waals surface area contributed by atoms with Gasteiger partial charge in [-0.2, -0.15) is 0 Å². The van der Waals surface area contributed by atoms with E-state index in [1.165, 1.54) is 11.8 Å². The molecule has 1 saturated heterocycles. The minimum absolute atomic E-state index is 0.213. The summed E-state index contributed by atoms with van der Waals surface area (Å²) in [4.78, 5) is 20.7. The van der Waals surface area contributed by atoms with Gasteiger partial charge in [-0.3, -0.25) is 9.69 Å². The van der Waals surface area contributed by atoms with Crippen LogP contribution in [0.1, 0.15) is 29.2 Å². The summed E-state index contributed by atoms with van der Waals surface area (Å²) in [6.45, 7) is 6.62. The molecule has 1 aliphatic heterocycles. The van der Waals surface area contributed by atoms with Crippen LogP contribution in [0.15, 0.2) is 93.2 Å². The van der Waals surface area contributed by atoms with Crippen molar-refractivity contribution in [3.05, 3.63) is 121 Å². The Morgan fingerprint density at radius 1 is 0.929 bits per heavy atom. The lowest BCUT2D eigenvalue weighted by atomic mass is 10.1. The van der Waals surface area contributed by atoms with Crippen molar-refractivity contribution in [1.82, 2.24) is 0 Å². The molecule has 9 heteroatoms. The molecule has 0 aliphatic carbocycles. The molecule has 1 fully saturated rings. The van der Waals surface area contributed by atoms with Crippen LogP contribution < -0.4 is 14.4 Å². The highest BCUT2D eigenvalue weighted by atomic mass is 79.9. The van der Waals surface area contributed by atoms with Crippen LogP contribution in [0.25, 0.3) is 6.08 Å². The lowest BCUT2D eigenvalue weighted by molar-refractivity contribution is -0.113. The predicted octanol–water partition coefficient (Wildman–Crippen LogP) is 10.2. The molecular weight excluding hydrogens is 655 g/mol. The van der Waals surface area contributed by atoms with Crippen molar-refractivity contribution in [1.29, 1.82) is 0 Å². The summed E-state index contributed by atoms with van der Waals surface area (Å²) >= 11 is 17.8. The van der Waals surface area contributed by atoms with E-state index in [0.29, 0.717) is 56.2 Å². The largest absolute Gasteiger partial charge is 0.490 e. The molecule has 5 rings (SSSR count). The van der Waals surface area contributed by atoms with Gasteiger partial charge in [0.25, 0.3) is 5.91 Å². The Labute approximate surface area is 268 Å². The Kier molecular flexibility index (Phi) is 9.63. The zero-order valence-corrected chi connectivity index (χ0v) is 27.1. The third kappa shape index (κ3) is 6.87. The molecular formula is C33H27BrCl2N2O3S. The fraction of sp³-hybridized carbons (Fsp3) is 0.152. The Hall–Kier alpha value is -3.23. The van der Waals surface area contributed by atoms with E-state index in [1.54, 1.807) is 17.0 Å². The number of aryl methyl sites for hydroxylation is 2. The number of amides is 1. The van der Waals surface area contributed by atoms with Gasteiger partial charge in [0.2, 0.25) is 0 Å². The van der Waals surface area contributed by atoms with E-state index in [-0.39, 0.29) is 5.91 Å². The Balaban J connectivity index is 1.52. The number of amidine groups is 1. The van der Waals surface area contributed by atoms with Crippen molar-refractivity contribution in [3.8, 4) is 11.5 Å². The minimum Gasteiger partial charge on any atom is -0.490 e. The van der Waals surface area contributed by atoms with Crippen molar-refractivity contribution in [3.63, 3.8) is 0 Å². The molecule has 0 aromatic heterocycles. The zero-order valence-electron chi connectivity index (χ0n) is 23.2. The summed E-state index contributed by atoms with van der Waals surface area (Å²) in [7, 11) is 0. The summed E-state index contributed by atoms with van der Waals surface area (Å²) in [6, 6.07) is 24.8. The summed E-state index contributed by atoms with van der Waals surface area (Å²) in [6.07, 6.45) is 1.83. The highest BCUT2D eigenvalue weighted by molar-refractivity contribution is 9.10. The molecule has 4 aromatic rings. The van der Waals surface area contributed by atoms with Gasteiger partial charge in [-0.1, -0.05) is 65.7 Å². The van der Waals surface area contributed by atoms with E-state index in [2.05, 4.69) is 15.9 Å². The molecule has 0 N–H and O–H groups in total. The van der Waals surface area contributed by atoms with Crippen LogP contribution in [-0.4, -0.2) is 17.7 Å². The van der Waals surface area contributed by atoms with Crippen LogP contribution in [0.5, 0.6) is 11.5 Å². The van der Waals surface area contributed by atoms with Crippen LogP contribution in [0.2, 0.25) is 10.0 Å². The second-order valence-corrected chi connectivity index (χ2v) is 12.2. The quantitative estimate of drug-likeness (QED) is 0.174. The van der Waals surface area contributed by atoms with Crippen LogP contribution in [0, 0.1) is 13.8 Å². The van der Waals surface area contributed by atoms with Crippen molar-refractivity contribution < 1.29 is 14.3 Å². The van der Waals surface area contributed by atoms with Gasteiger partial charge < -0.3 is 9.47 Å². The van der Waals surface area contributed by atoms with E-state index in [4.69, 9.17) is 37.7 Å². The van der Waals surface area contributed by atoms with Gasteiger partial charge in [0, 0.05) is 10.0 Å². The monoisotopic (exact) mass is 680 g/mol. The molecule has 0 saturated carbocycles. The molecule has 5 nitrogen and oxygen atoms in total. The van der Waals surface area contributed by atoms with E-state index < -0.39 is 0 Å². The summed E-state index contributed by atoms with van der Waals surface area (Å²) in [5.74, 6) is 0.966. The fourth-order valence-corrected chi connectivity index (χ4v) is 6.14. The van der Waals surface area contributed by atoms with Gasteiger partial charge >= 0.3 is 0 Å². The van der Waals surface area contributed by atoms with Crippen LogP contribution in [0.4, 0.5) is 11.4 Å². The van der Waals surface area contributed by atoms with E-state index in [0.717, 1.165) is 26.7 Å². The molecule has 0 spiro atoms. The molecule has 0 bridgehead atoms. The van der Waals surface area contributed by atoms with Crippen LogP contribution in [0.3, 0.4) is 0 Å². The highest BCUT2D eigenvalue weighted by Crippen LogP contribution is 2.42. The summed E-state index contributed by atoms with van der Waals surface area (Å²) < 4.78 is 12.8. The van der Waals surface area contributed by atoms with Crippen molar-refractivity contribution in [2.45, 2.75) is 27.4 Å². The lowest BCUT2D eigenvalue weighted by Gasteiger charge is -2.17. The first-order valence-corrected chi connectivity index (χ1v) is 15.6. The molecule has 1 heterocycles. The lowest BCUT2D eigenvalue weighted by Crippen LogP contribution is -2.28. The number of hydrogen-bond donors (Lipinski definition) is 0. The first-order valence-electron chi connectivity index (χ1n) is 13.2. The van der Waals surface area contributed by atoms with E-state index in [9.17, 15) is 4.79 Å². The number of halogens is 3. The maximum absolute atomic E-state index is 13.9. The zero-order chi connectivity index (χ0) is 29.8. The molecule has 0 atom stereocenters. The Bertz CT molecular complexity index is 1710. The molecule has 1 amide bonds. The minimum atomic E-state index is -0.213. The molecule has 1 aliphatic rings. The molecule has 4 aromatic carbocycles. The number of thioether (sulfide) groups is 1. The van der Waals surface area contributed by atoms with Gasteiger partial charge in [0.1, 0.15) is 6.61 Å². The third-order valence-electron chi connectivity index (χ3n) is 6.46. The highest BCUT2D eigenvalue weighted by Gasteiger charge is 2.35. The maximum Gasteiger partial charge on any atom is 0.271 e. The second-order valence-electron chi connectivity index (χ2n) is 9.55. The SMILES string of the molecule is CCOc1cc(/C=C2/SC(=Nc3ccc(C)c(Cl)c3)N(c3ccc(C)c(Cl)c3)C2=O)cc(Br)c1OCc1ccccc1. The predicted molar refractivity (Wildman–Crippen MR) is 179 cm³/mol. The second kappa shape index (κ2) is 13.4. The average Bonchev–Trinajstić information content (AvgIpc) is 3.26. The number of nitrogens with zero attached hydrogens (tertiary/aromatic N) is 2. The molecule has 214 valence electrons. The van der Waals surface area contributed by atoms with Gasteiger partial charge in [-0.05, 0) is 113 Å². The normalized spacial score (nSPS) is 15.1. The first kappa shape index (κ1) is 30.2. The number of ether oxygens (including phenoxy) is 2. The van der Waals surface area contributed by atoms with Gasteiger partial charge in [0.05, 0.1) is 27.4 Å². The smallest absolute Gasteiger partial charge is 0.271 e. The number of rotatable bonds is 8. The van der Waals surface area contributed by atoms with Gasteiger partial charge in [-0.25, -0.2) is 4.99 Å². The first-order chi connectivity index (χ1) is 20.2.